The summed E-state index contributed by atoms with van der Waals surface area (Å²) in [5.41, 5.74) is 1.92. The minimum atomic E-state index is 0.0377. The maximum absolute atomic E-state index is 11.9. The van der Waals surface area contributed by atoms with Crippen LogP contribution in [-0.4, -0.2) is 28.3 Å². The van der Waals surface area contributed by atoms with Crippen molar-refractivity contribution in [3.63, 3.8) is 0 Å². The normalized spacial score (nSPS) is 14.1. The summed E-state index contributed by atoms with van der Waals surface area (Å²) in [5, 5.41) is 10.5. The molecule has 2 aromatic rings. The third-order valence-electron chi connectivity index (χ3n) is 3.53. The highest BCUT2D eigenvalue weighted by atomic mass is 16.1. The number of benzene rings is 1. The van der Waals surface area contributed by atoms with E-state index in [2.05, 4.69) is 15.7 Å². The SMILES string of the molecule is O=C(NC1CC1)c1ccc(CNCCn2cccn2)cc1. The van der Waals surface area contributed by atoms with Gasteiger partial charge in [-0.3, -0.25) is 9.48 Å². The Morgan fingerprint density at radius 3 is 2.76 bits per heavy atom. The molecule has 1 fully saturated rings. The van der Waals surface area contributed by atoms with Gasteiger partial charge in [0.15, 0.2) is 0 Å². The van der Waals surface area contributed by atoms with Gasteiger partial charge in [-0.2, -0.15) is 5.10 Å². The Labute approximate surface area is 124 Å². The van der Waals surface area contributed by atoms with E-state index in [1.54, 1.807) is 6.20 Å². The number of nitrogens with one attached hydrogen (secondary N) is 2. The number of carbonyl (C=O) groups excluding carboxylic acids is 1. The maximum Gasteiger partial charge on any atom is 0.251 e. The highest BCUT2D eigenvalue weighted by molar-refractivity contribution is 5.94. The zero-order valence-corrected chi connectivity index (χ0v) is 12.0. The molecular weight excluding hydrogens is 264 g/mol. The number of carbonyl (C=O) groups is 1. The molecule has 0 bridgehead atoms. The molecule has 0 saturated heterocycles. The third-order valence-corrected chi connectivity index (χ3v) is 3.53. The van der Waals surface area contributed by atoms with Crippen LogP contribution in [0.25, 0.3) is 0 Å². The first kappa shape index (κ1) is 13.8. The van der Waals surface area contributed by atoms with Gasteiger partial charge in [-0.1, -0.05) is 12.1 Å². The molecule has 2 N–H and O–H groups in total. The Kier molecular flexibility index (Phi) is 4.31. The van der Waals surface area contributed by atoms with Crippen LogP contribution in [0.2, 0.25) is 0 Å². The van der Waals surface area contributed by atoms with E-state index < -0.39 is 0 Å². The van der Waals surface area contributed by atoms with E-state index in [1.165, 1.54) is 5.56 Å². The molecular formula is C16H20N4O. The summed E-state index contributed by atoms with van der Waals surface area (Å²) >= 11 is 0. The number of rotatable bonds is 7. The van der Waals surface area contributed by atoms with Gasteiger partial charge in [-0.25, -0.2) is 0 Å². The van der Waals surface area contributed by atoms with Crippen LogP contribution in [0.15, 0.2) is 42.7 Å². The van der Waals surface area contributed by atoms with Crippen molar-refractivity contribution in [3.8, 4) is 0 Å². The van der Waals surface area contributed by atoms with Crippen molar-refractivity contribution < 1.29 is 4.79 Å². The van der Waals surface area contributed by atoms with Gasteiger partial charge < -0.3 is 10.6 Å². The molecule has 0 atom stereocenters. The van der Waals surface area contributed by atoms with Gasteiger partial charge in [0.25, 0.3) is 5.91 Å². The standard InChI is InChI=1S/C16H20N4O/c21-16(19-15-6-7-15)14-4-2-13(3-5-14)12-17-9-11-20-10-1-8-18-20/h1-5,8,10,15,17H,6-7,9,11-12H2,(H,19,21). The smallest absolute Gasteiger partial charge is 0.251 e. The molecule has 1 aromatic heterocycles. The van der Waals surface area contributed by atoms with Gasteiger partial charge in [-0.15, -0.1) is 0 Å². The lowest BCUT2D eigenvalue weighted by atomic mass is 10.1. The second kappa shape index (κ2) is 6.54. The van der Waals surface area contributed by atoms with Crippen LogP contribution in [0.5, 0.6) is 0 Å². The summed E-state index contributed by atoms with van der Waals surface area (Å²) in [5.74, 6) is 0.0377. The maximum atomic E-state index is 11.9. The quantitative estimate of drug-likeness (QED) is 0.759. The van der Waals surface area contributed by atoms with Crippen molar-refractivity contribution in [1.82, 2.24) is 20.4 Å². The van der Waals surface area contributed by atoms with Crippen LogP contribution in [0.1, 0.15) is 28.8 Å². The van der Waals surface area contributed by atoms with Crippen molar-refractivity contribution in [3.05, 3.63) is 53.9 Å². The van der Waals surface area contributed by atoms with Crippen LogP contribution in [0.4, 0.5) is 0 Å². The lowest BCUT2D eigenvalue weighted by Gasteiger charge is -2.07. The Morgan fingerprint density at radius 1 is 1.29 bits per heavy atom. The summed E-state index contributed by atoms with van der Waals surface area (Å²) < 4.78 is 1.90. The number of hydrogen-bond donors (Lipinski definition) is 2. The Hall–Kier alpha value is -2.14. The first-order chi connectivity index (χ1) is 10.3. The summed E-state index contributed by atoms with van der Waals surface area (Å²) in [4.78, 5) is 11.9. The molecule has 1 saturated carbocycles. The molecule has 1 aliphatic carbocycles. The van der Waals surface area contributed by atoms with Gasteiger partial charge in [0.1, 0.15) is 0 Å². The molecule has 21 heavy (non-hydrogen) atoms. The van der Waals surface area contributed by atoms with Gasteiger partial charge in [0.05, 0.1) is 6.54 Å². The molecule has 0 spiro atoms. The first-order valence-corrected chi connectivity index (χ1v) is 7.39. The highest BCUT2D eigenvalue weighted by Crippen LogP contribution is 2.19. The lowest BCUT2D eigenvalue weighted by molar-refractivity contribution is 0.0951. The molecule has 0 unspecified atom stereocenters. The van der Waals surface area contributed by atoms with Crippen LogP contribution in [0.3, 0.4) is 0 Å². The number of hydrogen-bond acceptors (Lipinski definition) is 3. The highest BCUT2D eigenvalue weighted by Gasteiger charge is 2.23. The summed E-state index contributed by atoms with van der Waals surface area (Å²) in [6.07, 6.45) is 5.97. The molecule has 5 nitrogen and oxygen atoms in total. The lowest BCUT2D eigenvalue weighted by Crippen LogP contribution is -2.25. The van der Waals surface area contributed by atoms with E-state index in [9.17, 15) is 4.79 Å². The van der Waals surface area contributed by atoms with Gasteiger partial charge in [0.2, 0.25) is 0 Å². The van der Waals surface area contributed by atoms with Gasteiger partial charge >= 0.3 is 0 Å². The molecule has 3 rings (SSSR count). The summed E-state index contributed by atoms with van der Waals surface area (Å²) in [7, 11) is 0. The molecule has 1 aliphatic rings. The van der Waals surface area contributed by atoms with Crippen molar-refractivity contribution in [2.24, 2.45) is 0 Å². The average molecular weight is 284 g/mol. The monoisotopic (exact) mass is 284 g/mol. The van der Waals surface area contributed by atoms with Crippen LogP contribution < -0.4 is 10.6 Å². The van der Waals surface area contributed by atoms with E-state index in [0.29, 0.717) is 6.04 Å². The van der Waals surface area contributed by atoms with Crippen LogP contribution >= 0.6 is 0 Å². The van der Waals surface area contributed by atoms with E-state index in [0.717, 1.165) is 38.0 Å². The van der Waals surface area contributed by atoms with E-state index in [4.69, 9.17) is 0 Å². The topological polar surface area (TPSA) is 59.0 Å². The minimum absolute atomic E-state index is 0.0377. The first-order valence-electron chi connectivity index (χ1n) is 7.39. The molecule has 5 heteroatoms. The van der Waals surface area contributed by atoms with Crippen LogP contribution in [0, 0.1) is 0 Å². The summed E-state index contributed by atoms with van der Waals surface area (Å²) in [6, 6.07) is 10.1. The fourth-order valence-corrected chi connectivity index (χ4v) is 2.13. The molecule has 110 valence electrons. The van der Waals surface area contributed by atoms with Crippen LogP contribution in [-0.2, 0) is 13.1 Å². The zero-order chi connectivity index (χ0) is 14.5. The van der Waals surface area contributed by atoms with Crippen molar-refractivity contribution >= 4 is 5.91 Å². The molecule has 1 aromatic carbocycles. The zero-order valence-electron chi connectivity index (χ0n) is 12.0. The van der Waals surface area contributed by atoms with Crippen molar-refractivity contribution in [2.45, 2.75) is 32.0 Å². The fraction of sp³-hybridized carbons (Fsp3) is 0.375. The predicted octanol–water partition coefficient (Wildman–Crippen LogP) is 1.57. The average Bonchev–Trinajstić information content (AvgIpc) is 3.16. The number of nitrogens with zero attached hydrogens (tertiary/aromatic N) is 2. The van der Waals surface area contributed by atoms with Gasteiger partial charge in [0, 0.05) is 37.1 Å². The number of aromatic nitrogens is 2. The largest absolute Gasteiger partial charge is 0.349 e. The van der Waals surface area contributed by atoms with Gasteiger partial charge in [-0.05, 0) is 36.6 Å². The Bertz CT molecular complexity index is 573. The molecule has 0 aliphatic heterocycles. The third kappa shape index (κ3) is 4.16. The van der Waals surface area contributed by atoms with E-state index in [1.807, 2.05) is 41.2 Å². The van der Waals surface area contributed by atoms with Crippen molar-refractivity contribution in [1.29, 1.82) is 0 Å². The fourth-order valence-electron chi connectivity index (χ4n) is 2.13. The second-order valence-electron chi connectivity index (χ2n) is 5.39. The Balaban J connectivity index is 1.42. The van der Waals surface area contributed by atoms with E-state index >= 15 is 0 Å². The molecule has 1 heterocycles. The number of amides is 1. The summed E-state index contributed by atoms with van der Waals surface area (Å²) in [6.45, 7) is 2.52. The van der Waals surface area contributed by atoms with E-state index in [-0.39, 0.29) is 5.91 Å². The minimum Gasteiger partial charge on any atom is -0.349 e. The molecule has 1 amide bonds. The Morgan fingerprint density at radius 2 is 2.10 bits per heavy atom. The second-order valence-corrected chi connectivity index (χ2v) is 5.39. The predicted molar refractivity (Wildman–Crippen MR) is 80.9 cm³/mol. The molecule has 0 radical (unpaired) electrons. The van der Waals surface area contributed by atoms with Crippen molar-refractivity contribution in [2.75, 3.05) is 6.54 Å².